The lowest BCUT2D eigenvalue weighted by Gasteiger charge is -2.19. The van der Waals surface area contributed by atoms with Crippen LogP contribution in [0.2, 0.25) is 0 Å². The van der Waals surface area contributed by atoms with Crippen molar-refractivity contribution < 1.29 is 19.1 Å². The summed E-state index contributed by atoms with van der Waals surface area (Å²) in [4.78, 5) is 21.0. The fourth-order valence-corrected chi connectivity index (χ4v) is 1.86. The Labute approximate surface area is 89.9 Å². The summed E-state index contributed by atoms with van der Waals surface area (Å²) in [5.74, 6) is -0.437. The third kappa shape index (κ3) is 5.40. The SMILES string of the molecule is O=COCC(=O)OC1CCCCCCC1. The minimum Gasteiger partial charge on any atom is -0.460 e. The molecule has 0 spiro atoms. The highest BCUT2D eigenvalue weighted by atomic mass is 16.6. The van der Waals surface area contributed by atoms with E-state index in [1.807, 2.05) is 0 Å². The van der Waals surface area contributed by atoms with Crippen molar-refractivity contribution in [2.45, 2.75) is 51.0 Å². The molecule has 15 heavy (non-hydrogen) atoms. The molecule has 0 amide bonds. The lowest BCUT2D eigenvalue weighted by molar-refractivity contribution is -0.158. The van der Waals surface area contributed by atoms with Crippen molar-refractivity contribution in [3.8, 4) is 0 Å². The number of hydrogen-bond donors (Lipinski definition) is 0. The van der Waals surface area contributed by atoms with Gasteiger partial charge in [-0.05, 0) is 25.7 Å². The van der Waals surface area contributed by atoms with E-state index < -0.39 is 5.97 Å². The van der Waals surface area contributed by atoms with Gasteiger partial charge in [0, 0.05) is 0 Å². The third-order valence-corrected chi connectivity index (χ3v) is 2.62. The second kappa shape index (κ2) is 7.26. The molecule has 0 atom stereocenters. The Bertz CT molecular complexity index is 195. The fourth-order valence-electron chi connectivity index (χ4n) is 1.86. The van der Waals surface area contributed by atoms with E-state index in [0.29, 0.717) is 0 Å². The van der Waals surface area contributed by atoms with E-state index in [1.165, 1.54) is 19.3 Å². The van der Waals surface area contributed by atoms with Crippen LogP contribution in [0.4, 0.5) is 0 Å². The lowest BCUT2D eigenvalue weighted by Crippen LogP contribution is -2.22. The van der Waals surface area contributed by atoms with Gasteiger partial charge in [0.1, 0.15) is 6.10 Å². The zero-order valence-electron chi connectivity index (χ0n) is 8.94. The number of ether oxygens (including phenoxy) is 2. The Hall–Kier alpha value is -1.06. The minimum atomic E-state index is -0.437. The van der Waals surface area contributed by atoms with Gasteiger partial charge >= 0.3 is 5.97 Å². The molecule has 0 aliphatic heterocycles. The van der Waals surface area contributed by atoms with Gasteiger partial charge in [-0.15, -0.1) is 0 Å². The Balaban J connectivity index is 2.21. The van der Waals surface area contributed by atoms with Gasteiger partial charge in [-0.1, -0.05) is 19.3 Å². The van der Waals surface area contributed by atoms with Gasteiger partial charge in [-0.2, -0.15) is 0 Å². The topological polar surface area (TPSA) is 52.6 Å². The maximum Gasteiger partial charge on any atom is 0.344 e. The Kier molecular flexibility index (Phi) is 5.81. The molecule has 1 saturated carbocycles. The van der Waals surface area contributed by atoms with Crippen molar-refractivity contribution in [2.24, 2.45) is 0 Å². The van der Waals surface area contributed by atoms with Gasteiger partial charge in [0.05, 0.1) is 0 Å². The van der Waals surface area contributed by atoms with Crippen molar-refractivity contribution in [1.29, 1.82) is 0 Å². The van der Waals surface area contributed by atoms with Crippen LogP contribution in [0.15, 0.2) is 0 Å². The molecular weight excluding hydrogens is 196 g/mol. The van der Waals surface area contributed by atoms with Gasteiger partial charge in [0.15, 0.2) is 6.61 Å². The molecule has 0 aromatic carbocycles. The molecule has 0 aromatic rings. The Morgan fingerprint density at radius 3 is 2.33 bits per heavy atom. The fraction of sp³-hybridized carbons (Fsp3) is 0.818. The Morgan fingerprint density at radius 1 is 1.13 bits per heavy atom. The van der Waals surface area contributed by atoms with E-state index in [1.54, 1.807) is 0 Å². The third-order valence-electron chi connectivity index (χ3n) is 2.62. The van der Waals surface area contributed by atoms with Crippen molar-refractivity contribution in [2.75, 3.05) is 6.61 Å². The quantitative estimate of drug-likeness (QED) is 0.529. The zero-order valence-corrected chi connectivity index (χ0v) is 8.94. The molecule has 0 bridgehead atoms. The van der Waals surface area contributed by atoms with Gasteiger partial charge in [0.25, 0.3) is 6.47 Å². The summed E-state index contributed by atoms with van der Waals surface area (Å²) in [7, 11) is 0. The van der Waals surface area contributed by atoms with Crippen LogP contribution in [-0.2, 0) is 19.1 Å². The summed E-state index contributed by atoms with van der Waals surface area (Å²) in [6, 6.07) is 0. The summed E-state index contributed by atoms with van der Waals surface area (Å²) in [6.45, 7) is -0.000603. The summed E-state index contributed by atoms with van der Waals surface area (Å²) >= 11 is 0. The van der Waals surface area contributed by atoms with Crippen LogP contribution < -0.4 is 0 Å². The first-order valence-electron chi connectivity index (χ1n) is 5.57. The summed E-state index contributed by atoms with van der Waals surface area (Å²) in [5.41, 5.74) is 0. The zero-order chi connectivity index (χ0) is 10.9. The number of carbonyl (C=O) groups is 2. The second-order valence-corrected chi connectivity index (χ2v) is 3.86. The molecule has 1 rings (SSSR count). The van der Waals surface area contributed by atoms with Crippen LogP contribution in [0.1, 0.15) is 44.9 Å². The standard InChI is InChI=1S/C11H18O4/c12-9-14-8-11(13)15-10-6-4-2-1-3-5-7-10/h9-10H,1-8H2. The predicted octanol–water partition coefficient (Wildman–Crippen LogP) is 1.82. The van der Waals surface area contributed by atoms with E-state index in [4.69, 9.17) is 4.74 Å². The molecule has 0 radical (unpaired) electrons. The molecule has 4 heteroatoms. The summed E-state index contributed by atoms with van der Waals surface area (Å²) in [5, 5.41) is 0. The van der Waals surface area contributed by atoms with Crippen LogP contribution in [-0.4, -0.2) is 25.2 Å². The van der Waals surface area contributed by atoms with E-state index in [9.17, 15) is 9.59 Å². The maximum atomic E-state index is 11.2. The molecule has 4 nitrogen and oxygen atoms in total. The molecule has 1 fully saturated rings. The monoisotopic (exact) mass is 214 g/mol. The molecule has 86 valence electrons. The molecule has 0 saturated heterocycles. The van der Waals surface area contributed by atoms with Crippen molar-refractivity contribution in [1.82, 2.24) is 0 Å². The molecule has 0 N–H and O–H groups in total. The number of esters is 1. The first-order valence-corrected chi connectivity index (χ1v) is 5.57. The van der Waals surface area contributed by atoms with Gasteiger partial charge < -0.3 is 9.47 Å². The number of rotatable bonds is 4. The maximum absolute atomic E-state index is 11.2. The summed E-state index contributed by atoms with van der Waals surface area (Å²) in [6.07, 6.45) is 7.86. The van der Waals surface area contributed by atoms with Crippen LogP contribution >= 0.6 is 0 Å². The van der Waals surface area contributed by atoms with Crippen LogP contribution in [0.25, 0.3) is 0 Å². The second-order valence-electron chi connectivity index (χ2n) is 3.86. The normalized spacial score (nSPS) is 18.7. The lowest BCUT2D eigenvalue weighted by atomic mass is 9.99. The van der Waals surface area contributed by atoms with Crippen molar-refractivity contribution >= 4 is 12.4 Å². The highest BCUT2D eigenvalue weighted by Gasteiger charge is 2.15. The van der Waals surface area contributed by atoms with Crippen LogP contribution in [0, 0.1) is 0 Å². The molecular formula is C11H18O4. The molecule has 0 aromatic heterocycles. The smallest absolute Gasteiger partial charge is 0.344 e. The molecule has 0 heterocycles. The van der Waals surface area contributed by atoms with Gasteiger partial charge in [-0.3, -0.25) is 4.79 Å². The van der Waals surface area contributed by atoms with Crippen LogP contribution in [0.5, 0.6) is 0 Å². The van der Waals surface area contributed by atoms with Gasteiger partial charge in [0.2, 0.25) is 0 Å². The largest absolute Gasteiger partial charge is 0.460 e. The number of carbonyl (C=O) groups excluding carboxylic acids is 2. The van der Waals surface area contributed by atoms with E-state index in [-0.39, 0.29) is 19.2 Å². The number of hydrogen-bond acceptors (Lipinski definition) is 4. The molecule has 1 aliphatic rings. The highest BCUT2D eigenvalue weighted by molar-refractivity contribution is 5.72. The molecule has 0 unspecified atom stereocenters. The summed E-state index contributed by atoms with van der Waals surface area (Å²) < 4.78 is 9.54. The predicted molar refractivity (Wildman–Crippen MR) is 54.2 cm³/mol. The van der Waals surface area contributed by atoms with E-state index in [2.05, 4.69) is 4.74 Å². The van der Waals surface area contributed by atoms with Crippen molar-refractivity contribution in [3.05, 3.63) is 0 Å². The highest BCUT2D eigenvalue weighted by Crippen LogP contribution is 2.19. The molecule has 1 aliphatic carbocycles. The van der Waals surface area contributed by atoms with E-state index >= 15 is 0 Å². The van der Waals surface area contributed by atoms with Gasteiger partial charge in [-0.25, -0.2) is 4.79 Å². The van der Waals surface area contributed by atoms with E-state index in [0.717, 1.165) is 25.7 Å². The minimum absolute atomic E-state index is 0.0213. The van der Waals surface area contributed by atoms with Crippen molar-refractivity contribution in [3.63, 3.8) is 0 Å². The first kappa shape index (κ1) is 12.0. The average Bonchev–Trinajstić information content (AvgIpc) is 2.19. The van der Waals surface area contributed by atoms with Crippen LogP contribution in [0.3, 0.4) is 0 Å². The average molecular weight is 214 g/mol. The Morgan fingerprint density at radius 2 is 1.73 bits per heavy atom. The first-order chi connectivity index (χ1) is 7.33.